The van der Waals surface area contributed by atoms with Crippen LogP contribution in [0.25, 0.3) is 22.5 Å². The van der Waals surface area contributed by atoms with Gasteiger partial charge in [-0.15, -0.1) is 0 Å². The van der Waals surface area contributed by atoms with E-state index in [1.165, 1.54) is 24.0 Å². The molecule has 0 bridgehead atoms. The predicted molar refractivity (Wildman–Crippen MR) is 129 cm³/mol. The van der Waals surface area contributed by atoms with Crippen molar-refractivity contribution in [2.45, 2.75) is 38.7 Å². The van der Waals surface area contributed by atoms with Crippen LogP contribution in [0.3, 0.4) is 0 Å². The van der Waals surface area contributed by atoms with Crippen LogP contribution in [-0.4, -0.2) is 11.2 Å². The SMILES string of the molecule is Cc1noc(-c2ccc(-c3ccc(C4CC4)cc3)cc2)c1NC(=O)O[C@H](C)c1ccccc1. The molecule has 0 unspecified atom stereocenters. The van der Waals surface area contributed by atoms with Crippen LogP contribution in [0.15, 0.2) is 83.4 Å². The van der Waals surface area contributed by atoms with E-state index in [0.717, 1.165) is 22.6 Å². The van der Waals surface area contributed by atoms with Gasteiger partial charge >= 0.3 is 6.09 Å². The standard InChI is InChI=1S/C28H26N2O3/c1-18-26(29-28(31)32-19(2)20-6-4-3-5-7-20)27(33-30-18)25-16-14-24(15-17-25)23-12-10-22(11-13-23)21-8-9-21/h3-7,10-17,19,21H,8-9H2,1-2H3,(H,29,31)/t19-/m1/s1. The number of nitrogens with one attached hydrogen (secondary N) is 1. The van der Waals surface area contributed by atoms with Gasteiger partial charge in [-0.25, -0.2) is 4.79 Å². The van der Waals surface area contributed by atoms with Crippen molar-refractivity contribution in [1.82, 2.24) is 5.16 Å². The van der Waals surface area contributed by atoms with Gasteiger partial charge in [0.15, 0.2) is 5.76 Å². The number of hydrogen-bond donors (Lipinski definition) is 1. The molecule has 1 aliphatic carbocycles. The molecule has 1 amide bonds. The van der Waals surface area contributed by atoms with Crippen LogP contribution >= 0.6 is 0 Å². The summed E-state index contributed by atoms with van der Waals surface area (Å²) in [6.07, 6.45) is 1.69. The summed E-state index contributed by atoms with van der Waals surface area (Å²) in [7, 11) is 0. The fraction of sp³-hybridized carbons (Fsp3) is 0.214. The fourth-order valence-corrected chi connectivity index (χ4v) is 3.98. The van der Waals surface area contributed by atoms with E-state index in [1.54, 1.807) is 6.92 Å². The smallest absolute Gasteiger partial charge is 0.412 e. The lowest BCUT2D eigenvalue weighted by atomic mass is 10.0. The van der Waals surface area contributed by atoms with Crippen LogP contribution in [0.4, 0.5) is 10.5 Å². The van der Waals surface area contributed by atoms with E-state index >= 15 is 0 Å². The van der Waals surface area contributed by atoms with Gasteiger partial charge in [0.1, 0.15) is 17.5 Å². The van der Waals surface area contributed by atoms with Crippen LogP contribution in [0.2, 0.25) is 0 Å². The molecule has 0 saturated heterocycles. The quantitative estimate of drug-likeness (QED) is 0.338. The van der Waals surface area contributed by atoms with Gasteiger partial charge in [0, 0.05) is 5.56 Å². The maximum Gasteiger partial charge on any atom is 0.412 e. The number of carbonyl (C=O) groups excluding carboxylic acids is 1. The number of anilines is 1. The van der Waals surface area contributed by atoms with Gasteiger partial charge in [-0.2, -0.15) is 0 Å². The minimum Gasteiger partial charge on any atom is -0.441 e. The molecule has 33 heavy (non-hydrogen) atoms. The third kappa shape index (κ3) is 4.67. The number of ether oxygens (including phenoxy) is 1. The summed E-state index contributed by atoms with van der Waals surface area (Å²) in [5.74, 6) is 1.26. The topological polar surface area (TPSA) is 64.4 Å². The van der Waals surface area contributed by atoms with Gasteiger partial charge in [-0.1, -0.05) is 84.0 Å². The second-order valence-corrected chi connectivity index (χ2v) is 8.53. The molecule has 5 heteroatoms. The average molecular weight is 439 g/mol. The highest BCUT2D eigenvalue weighted by atomic mass is 16.6. The van der Waals surface area contributed by atoms with E-state index in [9.17, 15) is 4.79 Å². The maximum absolute atomic E-state index is 12.5. The Morgan fingerprint density at radius 2 is 1.55 bits per heavy atom. The second kappa shape index (κ2) is 8.94. The summed E-state index contributed by atoms with van der Waals surface area (Å²) in [5.41, 5.74) is 6.60. The molecule has 166 valence electrons. The summed E-state index contributed by atoms with van der Waals surface area (Å²) >= 11 is 0. The molecular weight excluding hydrogens is 412 g/mol. The van der Waals surface area contributed by atoms with Crippen LogP contribution < -0.4 is 5.32 Å². The Bertz CT molecular complexity index is 1240. The molecule has 3 aromatic carbocycles. The average Bonchev–Trinajstić information content (AvgIpc) is 3.64. The molecule has 1 heterocycles. The molecule has 1 saturated carbocycles. The van der Waals surface area contributed by atoms with E-state index in [4.69, 9.17) is 9.26 Å². The molecule has 1 aliphatic rings. The molecule has 5 rings (SSSR count). The number of carbonyl (C=O) groups is 1. The van der Waals surface area contributed by atoms with Crippen molar-refractivity contribution in [2.24, 2.45) is 0 Å². The molecule has 0 aliphatic heterocycles. The van der Waals surface area contributed by atoms with Crippen molar-refractivity contribution >= 4 is 11.8 Å². The van der Waals surface area contributed by atoms with Gasteiger partial charge < -0.3 is 9.26 Å². The first-order chi connectivity index (χ1) is 16.1. The molecule has 0 radical (unpaired) electrons. The third-order valence-corrected chi connectivity index (χ3v) is 6.08. The highest BCUT2D eigenvalue weighted by molar-refractivity contribution is 5.91. The predicted octanol–water partition coefficient (Wildman–Crippen LogP) is 7.50. The molecule has 0 spiro atoms. The number of benzene rings is 3. The summed E-state index contributed by atoms with van der Waals surface area (Å²) < 4.78 is 11.1. The maximum atomic E-state index is 12.5. The Kier molecular flexibility index (Phi) is 5.69. The van der Waals surface area contributed by atoms with Crippen molar-refractivity contribution in [3.63, 3.8) is 0 Å². The Morgan fingerprint density at radius 1 is 0.939 bits per heavy atom. The fourth-order valence-electron chi connectivity index (χ4n) is 3.98. The van der Waals surface area contributed by atoms with Crippen LogP contribution in [-0.2, 0) is 4.74 Å². The Labute approximate surface area is 193 Å². The number of aryl methyl sites for hydroxylation is 1. The zero-order valence-electron chi connectivity index (χ0n) is 18.7. The van der Waals surface area contributed by atoms with E-state index in [0.29, 0.717) is 17.1 Å². The Balaban J connectivity index is 1.30. The largest absolute Gasteiger partial charge is 0.441 e. The van der Waals surface area contributed by atoms with Gasteiger partial charge in [0.05, 0.1) is 0 Å². The number of hydrogen-bond acceptors (Lipinski definition) is 4. The molecular formula is C28H26N2O3. The summed E-state index contributed by atoms with van der Waals surface area (Å²) in [5, 5.41) is 6.86. The van der Waals surface area contributed by atoms with Gasteiger partial charge in [0.25, 0.3) is 0 Å². The monoisotopic (exact) mass is 438 g/mol. The Morgan fingerprint density at radius 3 is 2.18 bits per heavy atom. The van der Waals surface area contributed by atoms with Crippen molar-refractivity contribution in [3.05, 3.63) is 95.7 Å². The number of aromatic nitrogens is 1. The molecule has 1 fully saturated rings. The summed E-state index contributed by atoms with van der Waals surface area (Å²) in [6, 6.07) is 26.5. The van der Waals surface area contributed by atoms with Crippen LogP contribution in [0.5, 0.6) is 0 Å². The zero-order valence-corrected chi connectivity index (χ0v) is 18.7. The van der Waals surface area contributed by atoms with Crippen molar-refractivity contribution in [3.8, 4) is 22.5 Å². The second-order valence-electron chi connectivity index (χ2n) is 8.53. The summed E-state index contributed by atoms with van der Waals surface area (Å²) in [4.78, 5) is 12.5. The first-order valence-corrected chi connectivity index (χ1v) is 11.3. The lowest BCUT2D eigenvalue weighted by Gasteiger charge is -2.14. The van der Waals surface area contributed by atoms with Crippen LogP contribution in [0, 0.1) is 6.92 Å². The molecule has 1 atom stereocenters. The Hall–Kier alpha value is -3.86. The van der Waals surface area contributed by atoms with E-state index in [2.05, 4.69) is 46.9 Å². The van der Waals surface area contributed by atoms with E-state index in [1.807, 2.05) is 49.4 Å². The van der Waals surface area contributed by atoms with Crippen molar-refractivity contribution < 1.29 is 14.1 Å². The summed E-state index contributed by atoms with van der Waals surface area (Å²) in [6.45, 7) is 3.63. The highest BCUT2D eigenvalue weighted by Gasteiger charge is 2.23. The normalized spacial score (nSPS) is 14.0. The number of amides is 1. The van der Waals surface area contributed by atoms with Crippen molar-refractivity contribution in [2.75, 3.05) is 5.32 Å². The lowest BCUT2D eigenvalue weighted by Crippen LogP contribution is -2.16. The number of rotatable bonds is 6. The van der Waals surface area contributed by atoms with Crippen molar-refractivity contribution in [1.29, 1.82) is 0 Å². The molecule has 4 aromatic rings. The van der Waals surface area contributed by atoms with E-state index in [-0.39, 0.29) is 6.10 Å². The lowest BCUT2D eigenvalue weighted by molar-refractivity contribution is 0.121. The first-order valence-electron chi connectivity index (χ1n) is 11.3. The zero-order chi connectivity index (χ0) is 22.8. The highest BCUT2D eigenvalue weighted by Crippen LogP contribution is 2.40. The molecule has 5 nitrogen and oxygen atoms in total. The molecule has 1 aromatic heterocycles. The number of nitrogens with zero attached hydrogens (tertiary/aromatic N) is 1. The third-order valence-electron chi connectivity index (χ3n) is 6.08. The van der Waals surface area contributed by atoms with Gasteiger partial charge in [-0.05, 0) is 54.9 Å². The first kappa shape index (κ1) is 21.0. The molecule has 1 N–H and O–H groups in total. The van der Waals surface area contributed by atoms with Crippen LogP contribution in [0.1, 0.15) is 48.6 Å². The van der Waals surface area contributed by atoms with E-state index < -0.39 is 6.09 Å². The minimum atomic E-state index is -0.550. The van der Waals surface area contributed by atoms with Gasteiger partial charge in [0.2, 0.25) is 0 Å². The van der Waals surface area contributed by atoms with Gasteiger partial charge in [-0.3, -0.25) is 5.32 Å². The minimum absolute atomic E-state index is 0.375.